The van der Waals surface area contributed by atoms with Gasteiger partial charge in [-0.1, -0.05) is 24.9 Å². The molecule has 1 N–H and O–H groups in total. The van der Waals surface area contributed by atoms with Gasteiger partial charge in [0.2, 0.25) is 5.91 Å². The van der Waals surface area contributed by atoms with Crippen molar-refractivity contribution in [1.29, 1.82) is 0 Å². The number of alkyl halides is 3. The van der Waals surface area contributed by atoms with E-state index in [1.54, 1.807) is 6.07 Å². The third-order valence-corrected chi connectivity index (χ3v) is 3.92. The van der Waals surface area contributed by atoms with Gasteiger partial charge in [-0.3, -0.25) is 9.48 Å². The van der Waals surface area contributed by atoms with Gasteiger partial charge in [0.25, 0.3) is 0 Å². The fraction of sp³-hybridized carbons (Fsp3) is 0.357. The molecule has 2 aromatic heterocycles. The summed E-state index contributed by atoms with van der Waals surface area (Å²) >= 11 is 8.55. The van der Waals surface area contributed by atoms with Crippen molar-refractivity contribution in [2.75, 3.05) is 5.32 Å². The average molecular weight is 426 g/mol. The van der Waals surface area contributed by atoms with E-state index in [0.717, 1.165) is 10.9 Å². The molecular weight excluding hydrogens is 413 g/mol. The average Bonchev–Trinajstić information content (AvgIpc) is 2.88. The molecule has 24 heavy (non-hydrogen) atoms. The van der Waals surface area contributed by atoms with Crippen molar-refractivity contribution in [3.8, 4) is 0 Å². The van der Waals surface area contributed by atoms with Crippen LogP contribution in [0.1, 0.15) is 31.5 Å². The van der Waals surface area contributed by atoms with Gasteiger partial charge in [0.05, 0.1) is 9.50 Å². The lowest BCUT2D eigenvalue weighted by Crippen LogP contribution is -2.27. The maximum atomic E-state index is 12.9. The molecule has 0 aliphatic rings. The van der Waals surface area contributed by atoms with E-state index >= 15 is 0 Å². The van der Waals surface area contributed by atoms with Crippen LogP contribution in [-0.4, -0.2) is 20.7 Å². The summed E-state index contributed by atoms with van der Waals surface area (Å²) < 4.78 is 39.4. The zero-order chi connectivity index (χ0) is 17.9. The summed E-state index contributed by atoms with van der Waals surface area (Å²) in [6.45, 7) is 1.82. The Morgan fingerprint density at radius 2 is 2.17 bits per heavy atom. The fourth-order valence-corrected chi connectivity index (χ4v) is 2.66. The summed E-state index contributed by atoms with van der Waals surface area (Å²) in [6, 6.07) is 2.16. The number of rotatable bonds is 5. The molecule has 0 bridgehead atoms. The summed E-state index contributed by atoms with van der Waals surface area (Å²) in [5.41, 5.74) is -1.07. The number of amides is 1. The predicted molar refractivity (Wildman–Crippen MR) is 86.8 cm³/mol. The third kappa shape index (κ3) is 4.47. The van der Waals surface area contributed by atoms with E-state index in [1.807, 2.05) is 6.92 Å². The van der Waals surface area contributed by atoms with Crippen LogP contribution in [0, 0.1) is 0 Å². The summed E-state index contributed by atoms with van der Waals surface area (Å²) in [5.74, 6) is -0.247. The first-order valence-corrected chi connectivity index (χ1v) is 8.13. The minimum Gasteiger partial charge on any atom is -0.309 e. The quantitative estimate of drug-likeness (QED) is 0.756. The Hall–Kier alpha value is -1.61. The lowest BCUT2D eigenvalue weighted by atomic mass is 10.1. The lowest BCUT2D eigenvalue weighted by Gasteiger charge is -2.16. The summed E-state index contributed by atoms with van der Waals surface area (Å²) in [7, 11) is 0. The van der Waals surface area contributed by atoms with Crippen molar-refractivity contribution >= 4 is 39.3 Å². The van der Waals surface area contributed by atoms with Crippen molar-refractivity contribution in [3.63, 3.8) is 0 Å². The van der Waals surface area contributed by atoms with E-state index in [-0.39, 0.29) is 10.3 Å². The molecule has 0 aliphatic heterocycles. The summed E-state index contributed by atoms with van der Waals surface area (Å²) in [4.78, 5) is 16.4. The van der Waals surface area contributed by atoms with E-state index in [2.05, 4.69) is 31.3 Å². The largest absolute Gasteiger partial charge is 0.436 e. The van der Waals surface area contributed by atoms with Crippen LogP contribution in [0.2, 0.25) is 5.02 Å². The van der Waals surface area contributed by atoms with E-state index in [9.17, 15) is 18.0 Å². The topological polar surface area (TPSA) is 59.8 Å². The van der Waals surface area contributed by atoms with Gasteiger partial charge >= 0.3 is 6.18 Å². The standard InChI is InChI=1S/C14H13BrClF3N4O/c1-2-3-10(13(24)21-11-5-4-8(16)6-20-11)23-7-9(15)12(22-23)14(17,18)19/h4-7,10H,2-3H2,1H3,(H,20,21,24). The normalized spacial score (nSPS) is 12.9. The number of carbonyl (C=O) groups excluding carboxylic acids is 1. The first-order chi connectivity index (χ1) is 11.2. The minimum atomic E-state index is -4.60. The number of hydrogen-bond donors (Lipinski definition) is 1. The number of nitrogens with one attached hydrogen (secondary N) is 1. The highest BCUT2D eigenvalue weighted by Crippen LogP contribution is 2.34. The Bertz CT molecular complexity index is 718. The maximum absolute atomic E-state index is 12.9. The van der Waals surface area contributed by atoms with Crippen molar-refractivity contribution < 1.29 is 18.0 Å². The number of halogens is 5. The molecule has 0 aromatic carbocycles. The molecule has 2 heterocycles. The molecule has 2 rings (SSSR count). The van der Waals surface area contributed by atoms with E-state index in [0.29, 0.717) is 17.9 Å². The van der Waals surface area contributed by atoms with Gasteiger partial charge in [-0.25, -0.2) is 4.98 Å². The van der Waals surface area contributed by atoms with E-state index in [1.165, 1.54) is 12.3 Å². The summed E-state index contributed by atoms with van der Waals surface area (Å²) in [6.07, 6.45) is -1.18. The van der Waals surface area contributed by atoms with Gasteiger partial charge in [0.15, 0.2) is 5.69 Å². The molecule has 0 fully saturated rings. The number of nitrogens with zero attached hydrogens (tertiary/aromatic N) is 3. The second-order valence-corrected chi connectivity index (χ2v) is 6.25. The zero-order valence-corrected chi connectivity index (χ0v) is 14.8. The number of pyridine rings is 1. The van der Waals surface area contributed by atoms with Crippen LogP contribution in [0.4, 0.5) is 19.0 Å². The van der Waals surface area contributed by atoms with Crippen molar-refractivity contribution in [3.05, 3.63) is 39.7 Å². The molecule has 1 amide bonds. The van der Waals surface area contributed by atoms with Gasteiger partial charge in [0, 0.05) is 12.4 Å². The van der Waals surface area contributed by atoms with E-state index in [4.69, 9.17) is 11.6 Å². The second kappa shape index (κ2) is 7.52. The van der Waals surface area contributed by atoms with Crippen LogP contribution in [-0.2, 0) is 11.0 Å². The molecule has 130 valence electrons. The zero-order valence-electron chi connectivity index (χ0n) is 12.4. The van der Waals surface area contributed by atoms with Crippen molar-refractivity contribution in [1.82, 2.24) is 14.8 Å². The highest BCUT2D eigenvalue weighted by atomic mass is 79.9. The van der Waals surface area contributed by atoms with Crippen LogP contribution in [0.15, 0.2) is 29.0 Å². The number of hydrogen-bond acceptors (Lipinski definition) is 3. The second-order valence-electron chi connectivity index (χ2n) is 4.96. The van der Waals surface area contributed by atoms with Crippen molar-refractivity contribution in [2.24, 2.45) is 0 Å². The molecular formula is C14H13BrClF3N4O. The fourth-order valence-electron chi connectivity index (χ4n) is 2.04. The number of aromatic nitrogens is 3. The van der Waals surface area contributed by atoms with Gasteiger partial charge in [0.1, 0.15) is 11.9 Å². The molecule has 10 heteroatoms. The molecule has 0 radical (unpaired) electrons. The Morgan fingerprint density at radius 3 is 2.67 bits per heavy atom. The molecule has 5 nitrogen and oxygen atoms in total. The van der Waals surface area contributed by atoms with Crippen LogP contribution < -0.4 is 5.32 Å². The lowest BCUT2D eigenvalue weighted by molar-refractivity contribution is -0.142. The Morgan fingerprint density at radius 1 is 1.46 bits per heavy atom. The third-order valence-electron chi connectivity index (χ3n) is 3.12. The monoisotopic (exact) mass is 424 g/mol. The first-order valence-electron chi connectivity index (χ1n) is 6.96. The molecule has 0 aliphatic carbocycles. The molecule has 1 unspecified atom stereocenters. The molecule has 2 aromatic rings. The van der Waals surface area contributed by atoms with Crippen LogP contribution >= 0.6 is 27.5 Å². The molecule has 0 saturated carbocycles. The van der Waals surface area contributed by atoms with E-state index < -0.39 is 23.8 Å². The Labute approximate surface area is 149 Å². The smallest absolute Gasteiger partial charge is 0.309 e. The van der Waals surface area contributed by atoms with Crippen LogP contribution in [0.25, 0.3) is 0 Å². The van der Waals surface area contributed by atoms with Gasteiger partial charge < -0.3 is 5.32 Å². The maximum Gasteiger partial charge on any atom is 0.436 e. The molecule has 1 atom stereocenters. The molecule has 0 spiro atoms. The van der Waals surface area contributed by atoms with Crippen LogP contribution in [0.5, 0.6) is 0 Å². The van der Waals surface area contributed by atoms with Gasteiger partial charge in [-0.2, -0.15) is 18.3 Å². The van der Waals surface area contributed by atoms with Gasteiger partial charge in [-0.15, -0.1) is 0 Å². The highest BCUT2D eigenvalue weighted by Gasteiger charge is 2.37. The molecule has 0 saturated heterocycles. The van der Waals surface area contributed by atoms with Crippen LogP contribution in [0.3, 0.4) is 0 Å². The van der Waals surface area contributed by atoms with Gasteiger partial charge in [-0.05, 0) is 34.5 Å². The predicted octanol–water partition coefficient (Wildman–Crippen LogP) is 4.69. The summed E-state index contributed by atoms with van der Waals surface area (Å²) in [5, 5.41) is 6.48. The Balaban J connectivity index is 2.25. The minimum absolute atomic E-state index is 0.214. The highest BCUT2D eigenvalue weighted by molar-refractivity contribution is 9.10. The number of carbonyl (C=O) groups is 1. The Kier molecular flexibility index (Phi) is 5.87. The van der Waals surface area contributed by atoms with Crippen molar-refractivity contribution in [2.45, 2.75) is 32.0 Å². The SMILES string of the molecule is CCCC(C(=O)Nc1ccc(Cl)cn1)n1cc(Br)c(C(F)(F)F)n1. The first kappa shape index (κ1) is 18.7. The number of anilines is 1.